The molecule has 1 N–H and O–H groups in total. The highest BCUT2D eigenvalue weighted by atomic mass is 79.9. The zero-order chi connectivity index (χ0) is 13.9. The van der Waals surface area contributed by atoms with Gasteiger partial charge < -0.3 is 4.74 Å². The smallest absolute Gasteiger partial charge is 0.245 e. The summed E-state index contributed by atoms with van der Waals surface area (Å²) >= 11 is 2.93. The number of hydrogen-bond donors (Lipinski definition) is 1. The van der Waals surface area contributed by atoms with Gasteiger partial charge in [-0.1, -0.05) is 0 Å². The molecule has 18 heavy (non-hydrogen) atoms. The molecular formula is C10H10BrFN2O3S. The van der Waals surface area contributed by atoms with Crippen LogP contribution in [0.25, 0.3) is 0 Å². The summed E-state index contributed by atoms with van der Waals surface area (Å²) in [6, 6.07) is 2.83. The maximum Gasteiger partial charge on any atom is 0.245 e. The summed E-state index contributed by atoms with van der Waals surface area (Å²) < 4.78 is 44.3. The van der Waals surface area contributed by atoms with E-state index in [1.54, 1.807) is 6.07 Å². The number of nitrogens with one attached hydrogen (secondary N) is 1. The molecule has 1 aromatic carbocycles. The van der Waals surface area contributed by atoms with Crippen molar-refractivity contribution in [3.05, 3.63) is 22.4 Å². The molecule has 0 unspecified atom stereocenters. The number of sulfonamides is 1. The summed E-state index contributed by atoms with van der Waals surface area (Å²) in [6.07, 6.45) is 0. The average molecular weight is 337 g/mol. The van der Waals surface area contributed by atoms with Gasteiger partial charge in [-0.05, 0) is 35.0 Å². The normalized spacial score (nSPS) is 12.8. The second-order valence-corrected chi connectivity index (χ2v) is 5.93. The van der Waals surface area contributed by atoms with Crippen molar-refractivity contribution >= 4 is 26.0 Å². The topological polar surface area (TPSA) is 79.2 Å². The number of ether oxygens (including phenoxy) is 1. The third-order valence-electron chi connectivity index (χ3n) is 2.02. The Balaban J connectivity index is 3.32. The van der Waals surface area contributed by atoms with Gasteiger partial charge in [-0.3, -0.25) is 0 Å². The van der Waals surface area contributed by atoms with Gasteiger partial charge in [0.2, 0.25) is 10.0 Å². The van der Waals surface area contributed by atoms with Crippen LogP contribution in [0.4, 0.5) is 4.39 Å². The Morgan fingerprint density at radius 1 is 1.56 bits per heavy atom. The molecule has 0 aliphatic heterocycles. The fraction of sp³-hybridized carbons (Fsp3) is 0.300. The van der Waals surface area contributed by atoms with E-state index in [2.05, 4.69) is 20.7 Å². The zero-order valence-electron chi connectivity index (χ0n) is 9.57. The van der Waals surface area contributed by atoms with E-state index < -0.39 is 21.9 Å². The molecule has 0 heterocycles. The number of methoxy groups -OCH3 is 1. The predicted molar refractivity (Wildman–Crippen MR) is 66.0 cm³/mol. The van der Waals surface area contributed by atoms with Crippen LogP contribution in [0.15, 0.2) is 21.5 Å². The van der Waals surface area contributed by atoms with Crippen LogP contribution in [-0.4, -0.2) is 21.6 Å². The Morgan fingerprint density at radius 3 is 2.67 bits per heavy atom. The van der Waals surface area contributed by atoms with Gasteiger partial charge in [0.05, 0.1) is 17.7 Å². The number of nitrogens with zero attached hydrogens (tertiary/aromatic N) is 1. The molecule has 0 aliphatic carbocycles. The van der Waals surface area contributed by atoms with Gasteiger partial charge in [-0.2, -0.15) is 9.98 Å². The van der Waals surface area contributed by atoms with Gasteiger partial charge in [-0.25, -0.2) is 12.8 Å². The van der Waals surface area contributed by atoms with Crippen LogP contribution in [0.2, 0.25) is 0 Å². The highest BCUT2D eigenvalue weighted by molar-refractivity contribution is 9.10. The molecule has 0 aliphatic rings. The predicted octanol–water partition coefficient (Wildman–Crippen LogP) is 1.79. The maximum absolute atomic E-state index is 13.4. The number of nitriles is 1. The van der Waals surface area contributed by atoms with Crippen LogP contribution in [0.3, 0.4) is 0 Å². The zero-order valence-corrected chi connectivity index (χ0v) is 12.0. The van der Waals surface area contributed by atoms with Gasteiger partial charge >= 0.3 is 0 Å². The molecule has 0 saturated heterocycles. The summed E-state index contributed by atoms with van der Waals surface area (Å²) in [6.45, 7) is 1.37. The standard InChI is InChI=1S/C10H10BrFN2O3S/c1-6(5-13)14-18(15,16)10-4-8(12)7(11)3-9(10)17-2/h3-4,6,14H,1-2H3/t6-/m1/s1. The Kier molecular flexibility index (Phi) is 4.67. The molecule has 1 aromatic rings. The second kappa shape index (κ2) is 5.65. The highest BCUT2D eigenvalue weighted by Gasteiger charge is 2.23. The minimum atomic E-state index is -4.01. The summed E-state index contributed by atoms with van der Waals surface area (Å²) in [4.78, 5) is -0.354. The molecule has 1 rings (SSSR count). The van der Waals surface area contributed by atoms with Gasteiger partial charge in [0.25, 0.3) is 0 Å². The fourth-order valence-electron chi connectivity index (χ4n) is 1.20. The second-order valence-electron chi connectivity index (χ2n) is 3.39. The Hall–Kier alpha value is -1.17. The molecule has 1 atom stereocenters. The lowest BCUT2D eigenvalue weighted by Gasteiger charge is -2.12. The van der Waals surface area contributed by atoms with E-state index in [1.165, 1.54) is 20.1 Å². The molecule has 0 saturated carbocycles. The molecule has 0 fully saturated rings. The van der Waals surface area contributed by atoms with E-state index in [0.717, 1.165) is 6.07 Å². The first-order chi connectivity index (χ1) is 8.31. The Labute approximate surface area is 113 Å². The van der Waals surface area contributed by atoms with Crippen LogP contribution in [0.1, 0.15) is 6.92 Å². The molecule has 8 heteroatoms. The molecule has 0 radical (unpaired) electrons. The molecule has 98 valence electrons. The molecule has 0 amide bonds. The lowest BCUT2D eigenvalue weighted by molar-refractivity contribution is 0.400. The largest absolute Gasteiger partial charge is 0.495 e. The Bertz CT molecular complexity index is 598. The van der Waals surface area contributed by atoms with Crippen molar-refractivity contribution in [1.82, 2.24) is 4.72 Å². The van der Waals surface area contributed by atoms with Crippen LogP contribution in [-0.2, 0) is 10.0 Å². The van der Waals surface area contributed by atoms with E-state index in [4.69, 9.17) is 10.00 Å². The SMILES string of the molecule is COc1cc(Br)c(F)cc1S(=O)(=O)N[C@H](C)C#N. The molecule has 5 nitrogen and oxygen atoms in total. The summed E-state index contributed by atoms with van der Waals surface area (Å²) in [7, 11) is -2.74. The minimum Gasteiger partial charge on any atom is -0.495 e. The van der Waals surface area contributed by atoms with E-state index in [-0.39, 0.29) is 15.1 Å². The Morgan fingerprint density at radius 2 is 2.17 bits per heavy atom. The monoisotopic (exact) mass is 336 g/mol. The van der Waals surface area contributed by atoms with Crippen LogP contribution in [0.5, 0.6) is 5.75 Å². The molecule has 0 spiro atoms. The fourth-order valence-corrected chi connectivity index (χ4v) is 2.84. The first-order valence-corrected chi connectivity index (χ1v) is 7.04. The highest BCUT2D eigenvalue weighted by Crippen LogP contribution is 2.29. The average Bonchev–Trinajstić information content (AvgIpc) is 2.31. The number of benzene rings is 1. The van der Waals surface area contributed by atoms with Crippen LogP contribution in [0, 0.1) is 17.1 Å². The van der Waals surface area contributed by atoms with Crippen molar-refractivity contribution in [1.29, 1.82) is 5.26 Å². The van der Waals surface area contributed by atoms with Crippen LogP contribution >= 0.6 is 15.9 Å². The molecular weight excluding hydrogens is 327 g/mol. The van der Waals surface area contributed by atoms with E-state index in [1.807, 2.05) is 0 Å². The number of rotatable bonds is 4. The van der Waals surface area contributed by atoms with Crippen LogP contribution < -0.4 is 9.46 Å². The lowest BCUT2D eigenvalue weighted by atomic mass is 10.3. The first-order valence-electron chi connectivity index (χ1n) is 4.76. The van der Waals surface area contributed by atoms with Crippen molar-refractivity contribution < 1.29 is 17.5 Å². The van der Waals surface area contributed by atoms with Gasteiger partial charge in [0.15, 0.2) is 0 Å². The number of halogens is 2. The quantitative estimate of drug-likeness (QED) is 0.908. The summed E-state index contributed by atoms with van der Waals surface area (Å²) in [5.74, 6) is -0.748. The van der Waals surface area contributed by atoms with E-state index >= 15 is 0 Å². The van der Waals surface area contributed by atoms with Gasteiger partial charge in [0, 0.05) is 0 Å². The van der Waals surface area contributed by atoms with E-state index in [0.29, 0.717) is 0 Å². The molecule has 0 bridgehead atoms. The van der Waals surface area contributed by atoms with Crippen molar-refractivity contribution in [2.24, 2.45) is 0 Å². The maximum atomic E-state index is 13.4. The van der Waals surface area contributed by atoms with Gasteiger partial charge in [-0.15, -0.1) is 0 Å². The lowest BCUT2D eigenvalue weighted by Crippen LogP contribution is -2.31. The van der Waals surface area contributed by atoms with Crippen molar-refractivity contribution in [3.8, 4) is 11.8 Å². The molecule has 0 aromatic heterocycles. The third kappa shape index (κ3) is 3.19. The van der Waals surface area contributed by atoms with Crippen molar-refractivity contribution in [2.45, 2.75) is 17.9 Å². The first kappa shape index (κ1) is 14.9. The van der Waals surface area contributed by atoms with Crippen molar-refractivity contribution in [2.75, 3.05) is 7.11 Å². The van der Waals surface area contributed by atoms with E-state index in [9.17, 15) is 12.8 Å². The van der Waals surface area contributed by atoms with Gasteiger partial charge in [0.1, 0.15) is 22.5 Å². The third-order valence-corrected chi connectivity index (χ3v) is 4.19. The summed E-state index contributed by atoms with van der Waals surface area (Å²) in [5, 5.41) is 8.58. The number of hydrogen-bond acceptors (Lipinski definition) is 4. The minimum absolute atomic E-state index is 0.0130. The van der Waals surface area contributed by atoms with Crippen molar-refractivity contribution in [3.63, 3.8) is 0 Å². The summed E-state index contributed by atoms with van der Waals surface area (Å²) in [5.41, 5.74) is 0.